The van der Waals surface area contributed by atoms with Crippen molar-refractivity contribution in [2.24, 2.45) is 5.73 Å². The van der Waals surface area contributed by atoms with Crippen LogP contribution in [0.3, 0.4) is 0 Å². The molecule has 0 saturated heterocycles. The summed E-state index contributed by atoms with van der Waals surface area (Å²) < 4.78 is 0. The molecular weight excluding hydrogens is 146 g/mol. The second-order valence-electron chi connectivity index (χ2n) is 3.70. The Morgan fingerprint density at radius 3 is 2.92 bits per heavy atom. The lowest BCUT2D eigenvalue weighted by atomic mass is 9.95. The topological polar surface area (TPSA) is 26.0 Å². The highest BCUT2D eigenvalue weighted by molar-refractivity contribution is 5.35. The summed E-state index contributed by atoms with van der Waals surface area (Å²) in [6.07, 6.45) is 2.44. The number of nitrogens with two attached hydrogens (primary N) is 1. The quantitative estimate of drug-likeness (QED) is 0.670. The van der Waals surface area contributed by atoms with Gasteiger partial charge in [-0.15, -0.1) is 0 Å². The van der Waals surface area contributed by atoms with E-state index in [2.05, 4.69) is 31.2 Å². The Morgan fingerprint density at radius 1 is 1.42 bits per heavy atom. The van der Waals surface area contributed by atoms with E-state index in [1.54, 1.807) is 0 Å². The molecule has 0 aromatic heterocycles. The van der Waals surface area contributed by atoms with Gasteiger partial charge in [0, 0.05) is 6.04 Å². The van der Waals surface area contributed by atoms with Gasteiger partial charge in [0.25, 0.3) is 0 Å². The number of fused-ring (bicyclic) bond motifs is 1. The first-order valence-electron chi connectivity index (χ1n) is 4.62. The molecule has 1 aromatic carbocycles. The van der Waals surface area contributed by atoms with Gasteiger partial charge >= 0.3 is 0 Å². The van der Waals surface area contributed by atoms with Gasteiger partial charge in [-0.05, 0) is 36.8 Å². The zero-order chi connectivity index (χ0) is 8.55. The molecule has 0 fully saturated rings. The highest BCUT2D eigenvalue weighted by Gasteiger charge is 2.24. The summed E-state index contributed by atoms with van der Waals surface area (Å²) in [7, 11) is 0. The molecule has 2 unspecified atom stereocenters. The largest absolute Gasteiger partial charge is 0.327 e. The van der Waals surface area contributed by atoms with Crippen LogP contribution in [0.1, 0.15) is 30.4 Å². The van der Waals surface area contributed by atoms with E-state index in [9.17, 15) is 0 Å². The number of benzene rings is 1. The van der Waals surface area contributed by atoms with Crippen LogP contribution in [0.25, 0.3) is 0 Å². The molecule has 12 heavy (non-hydrogen) atoms. The van der Waals surface area contributed by atoms with E-state index in [1.807, 2.05) is 0 Å². The average molecular weight is 161 g/mol. The van der Waals surface area contributed by atoms with Crippen LogP contribution in [0.15, 0.2) is 24.3 Å². The Morgan fingerprint density at radius 2 is 2.17 bits per heavy atom. The van der Waals surface area contributed by atoms with Gasteiger partial charge in [-0.3, -0.25) is 0 Å². The fourth-order valence-corrected chi connectivity index (χ4v) is 2.14. The monoisotopic (exact) mass is 161 g/mol. The summed E-state index contributed by atoms with van der Waals surface area (Å²) in [4.78, 5) is 0. The van der Waals surface area contributed by atoms with Crippen molar-refractivity contribution in [2.75, 3.05) is 0 Å². The minimum absolute atomic E-state index is 0.300. The third kappa shape index (κ3) is 1.14. The maximum absolute atomic E-state index is 5.91. The summed E-state index contributed by atoms with van der Waals surface area (Å²) in [5.41, 5.74) is 8.89. The van der Waals surface area contributed by atoms with Crippen molar-refractivity contribution >= 4 is 0 Å². The molecule has 0 saturated carbocycles. The van der Waals surface area contributed by atoms with Crippen LogP contribution in [-0.2, 0) is 6.42 Å². The van der Waals surface area contributed by atoms with E-state index < -0.39 is 0 Å². The highest BCUT2D eigenvalue weighted by Crippen LogP contribution is 2.34. The summed E-state index contributed by atoms with van der Waals surface area (Å²) in [6.45, 7) is 2.10. The van der Waals surface area contributed by atoms with Gasteiger partial charge < -0.3 is 5.73 Å². The van der Waals surface area contributed by atoms with Crippen LogP contribution >= 0.6 is 0 Å². The molecule has 1 heteroatoms. The molecular formula is C11H15N. The first kappa shape index (κ1) is 7.81. The van der Waals surface area contributed by atoms with E-state index in [1.165, 1.54) is 24.0 Å². The second kappa shape index (κ2) is 2.91. The molecule has 64 valence electrons. The molecule has 2 atom stereocenters. The standard InChI is InChI=1S/C11H15N/c1-8(12)10-7-6-9-4-2-3-5-11(9)10/h2-5,8,10H,6-7,12H2,1H3. The Hall–Kier alpha value is -0.820. The summed E-state index contributed by atoms with van der Waals surface area (Å²) in [5.74, 6) is 0.598. The Bertz CT molecular complexity index is 278. The van der Waals surface area contributed by atoms with E-state index in [0.29, 0.717) is 12.0 Å². The second-order valence-corrected chi connectivity index (χ2v) is 3.70. The predicted molar refractivity (Wildman–Crippen MR) is 51.2 cm³/mol. The zero-order valence-electron chi connectivity index (χ0n) is 7.46. The van der Waals surface area contributed by atoms with Crippen LogP contribution in [0.5, 0.6) is 0 Å². The maximum Gasteiger partial charge on any atom is 0.00795 e. The number of hydrogen-bond acceptors (Lipinski definition) is 1. The van der Waals surface area contributed by atoms with Crippen molar-refractivity contribution in [1.82, 2.24) is 0 Å². The van der Waals surface area contributed by atoms with Crippen molar-refractivity contribution < 1.29 is 0 Å². The highest BCUT2D eigenvalue weighted by atomic mass is 14.6. The molecule has 1 aliphatic rings. The first-order valence-corrected chi connectivity index (χ1v) is 4.62. The number of rotatable bonds is 1. The summed E-state index contributed by atoms with van der Waals surface area (Å²) in [6, 6.07) is 8.96. The van der Waals surface area contributed by atoms with Gasteiger partial charge in [-0.1, -0.05) is 24.3 Å². The minimum Gasteiger partial charge on any atom is -0.327 e. The van der Waals surface area contributed by atoms with Gasteiger partial charge in [0.15, 0.2) is 0 Å². The van der Waals surface area contributed by atoms with E-state index >= 15 is 0 Å². The summed E-state index contributed by atoms with van der Waals surface area (Å²) >= 11 is 0. The Kier molecular flexibility index (Phi) is 1.89. The molecule has 1 aromatic rings. The molecule has 0 bridgehead atoms. The fraction of sp³-hybridized carbons (Fsp3) is 0.455. The fourth-order valence-electron chi connectivity index (χ4n) is 2.14. The molecule has 0 radical (unpaired) electrons. The number of hydrogen-bond donors (Lipinski definition) is 1. The lowest BCUT2D eigenvalue weighted by Gasteiger charge is -2.15. The molecule has 2 rings (SSSR count). The van der Waals surface area contributed by atoms with Crippen LogP contribution in [0, 0.1) is 0 Å². The smallest absolute Gasteiger partial charge is 0.00795 e. The SMILES string of the molecule is CC(N)C1CCc2ccccc21. The summed E-state index contributed by atoms with van der Waals surface area (Å²) in [5, 5.41) is 0. The average Bonchev–Trinajstić information content (AvgIpc) is 2.47. The molecule has 0 aliphatic heterocycles. The lowest BCUT2D eigenvalue weighted by Crippen LogP contribution is -2.22. The third-order valence-electron chi connectivity index (χ3n) is 2.81. The first-order chi connectivity index (χ1) is 5.79. The van der Waals surface area contributed by atoms with Crippen molar-refractivity contribution in [2.45, 2.75) is 31.7 Å². The van der Waals surface area contributed by atoms with Crippen LogP contribution in [0.2, 0.25) is 0 Å². The lowest BCUT2D eigenvalue weighted by molar-refractivity contribution is 0.564. The van der Waals surface area contributed by atoms with E-state index in [4.69, 9.17) is 5.73 Å². The van der Waals surface area contributed by atoms with Crippen molar-refractivity contribution in [1.29, 1.82) is 0 Å². The predicted octanol–water partition coefficient (Wildman–Crippen LogP) is 2.06. The van der Waals surface area contributed by atoms with Crippen LogP contribution in [0.4, 0.5) is 0 Å². The zero-order valence-corrected chi connectivity index (χ0v) is 7.46. The van der Waals surface area contributed by atoms with Gasteiger partial charge in [0.1, 0.15) is 0 Å². The Labute approximate surface area is 73.6 Å². The van der Waals surface area contributed by atoms with Crippen molar-refractivity contribution in [3.8, 4) is 0 Å². The Balaban J connectivity index is 2.36. The molecule has 1 aliphatic carbocycles. The van der Waals surface area contributed by atoms with E-state index in [-0.39, 0.29) is 0 Å². The molecule has 0 amide bonds. The van der Waals surface area contributed by atoms with Gasteiger partial charge in [-0.2, -0.15) is 0 Å². The molecule has 0 heterocycles. The van der Waals surface area contributed by atoms with Crippen LogP contribution < -0.4 is 5.73 Å². The minimum atomic E-state index is 0.300. The molecule has 0 spiro atoms. The van der Waals surface area contributed by atoms with Crippen molar-refractivity contribution in [3.63, 3.8) is 0 Å². The van der Waals surface area contributed by atoms with Gasteiger partial charge in [-0.25, -0.2) is 0 Å². The van der Waals surface area contributed by atoms with E-state index in [0.717, 1.165) is 0 Å². The third-order valence-corrected chi connectivity index (χ3v) is 2.81. The van der Waals surface area contributed by atoms with Gasteiger partial charge in [0.05, 0.1) is 0 Å². The van der Waals surface area contributed by atoms with Crippen molar-refractivity contribution in [3.05, 3.63) is 35.4 Å². The van der Waals surface area contributed by atoms with Gasteiger partial charge in [0.2, 0.25) is 0 Å². The number of aryl methyl sites for hydroxylation is 1. The maximum atomic E-state index is 5.91. The normalized spacial score (nSPS) is 23.7. The van der Waals surface area contributed by atoms with Crippen LogP contribution in [-0.4, -0.2) is 6.04 Å². The molecule has 1 nitrogen and oxygen atoms in total. The molecule has 2 N–H and O–H groups in total.